The van der Waals surface area contributed by atoms with Crippen LogP contribution in [0.5, 0.6) is 0 Å². The molecule has 3 heteroatoms. The molecule has 0 radical (unpaired) electrons. The molecule has 3 nitrogen and oxygen atoms in total. The van der Waals surface area contributed by atoms with E-state index in [1.54, 1.807) is 0 Å². The molecule has 1 atom stereocenters. The number of para-hydroxylation sites is 1. The Labute approximate surface area is 122 Å². The topological polar surface area (TPSA) is 35.5 Å². The molecule has 0 amide bonds. The van der Waals surface area contributed by atoms with Crippen LogP contribution in [-0.4, -0.2) is 41.8 Å². The quantitative estimate of drug-likeness (QED) is 0.751. The van der Waals surface area contributed by atoms with Crippen molar-refractivity contribution >= 4 is 5.69 Å². The molecule has 0 bridgehead atoms. The Bertz CT molecular complexity index is 385. The van der Waals surface area contributed by atoms with Gasteiger partial charge in [0.2, 0.25) is 0 Å². The average Bonchev–Trinajstić information content (AvgIpc) is 2.48. The predicted molar refractivity (Wildman–Crippen MR) is 85.0 cm³/mol. The van der Waals surface area contributed by atoms with Crippen LogP contribution in [0.25, 0.3) is 0 Å². The number of benzene rings is 1. The molecule has 1 aliphatic heterocycles. The maximum absolute atomic E-state index is 9.93. The first kappa shape index (κ1) is 15.1. The lowest BCUT2D eigenvalue weighted by Gasteiger charge is -2.33. The van der Waals surface area contributed by atoms with Crippen molar-refractivity contribution in [2.24, 2.45) is 0 Å². The SMILES string of the molecule is C=CCCC(O)CN1CCC(Nc2ccccc2)CC1. The summed E-state index contributed by atoms with van der Waals surface area (Å²) in [4.78, 5) is 2.37. The lowest BCUT2D eigenvalue weighted by molar-refractivity contribution is 0.0934. The molecule has 1 heterocycles. The normalized spacial score (nSPS) is 18.6. The van der Waals surface area contributed by atoms with E-state index >= 15 is 0 Å². The molecule has 0 aromatic heterocycles. The third-order valence-electron chi connectivity index (χ3n) is 3.91. The molecule has 1 unspecified atom stereocenters. The molecule has 1 aromatic carbocycles. The molecule has 110 valence electrons. The van der Waals surface area contributed by atoms with Crippen molar-refractivity contribution in [3.63, 3.8) is 0 Å². The summed E-state index contributed by atoms with van der Waals surface area (Å²) < 4.78 is 0. The van der Waals surface area contributed by atoms with Gasteiger partial charge in [-0.05, 0) is 37.8 Å². The van der Waals surface area contributed by atoms with Gasteiger partial charge >= 0.3 is 0 Å². The summed E-state index contributed by atoms with van der Waals surface area (Å²) in [5.41, 5.74) is 1.21. The van der Waals surface area contributed by atoms with Crippen molar-refractivity contribution in [2.45, 2.75) is 37.8 Å². The van der Waals surface area contributed by atoms with Gasteiger partial charge in [-0.2, -0.15) is 0 Å². The molecule has 20 heavy (non-hydrogen) atoms. The minimum atomic E-state index is -0.216. The molecule has 1 aliphatic rings. The van der Waals surface area contributed by atoms with E-state index in [4.69, 9.17) is 0 Å². The number of nitrogens with one attached hydrogen (secondary N) is 1. The molecule has 1 aromatic rings. The average molecular weight is 274 g/mol. The van der Waals surface area contributed by atoms with Crippen LogP contribution in [0.3, 0.4) is 0 Å². The first-order chi connectivity index (χ1) is 9.78. The van der Waals surface area contributed by atoms with E-state index in [1.807, 2.05) is 12.1 Å². The minimum absolute atomic E-state index is 0.216. The largest absolute Gasteiger partial charge is 0.392 e. The summed E-state index contributed by atoms with van der Waals surface area (Å²) in [7, 11) is 0. The van der Waals surface area contributed by atoms with Gasteiger partial charge < -0.3 is 15.3 Å². The number of aliphatic hydroxyl groups excluding tert-OH is 1. The van der Waals surface area contributed by atoms with E-state index < -0.39 is 0 Å². The molecule has 0 aliphatic carbocycles. The Hall–Kier alpha value is -1.32. The molecule has 2 N–H and O–H groups in total. The van der Waals surface area contributed by atoms with Gasteiger partial charge in [0.1, 0.15) is 0 Å². The van der Waals surface area contributed by atoms with Crippen molar-refractivity contribution in [1.29, 1.82) is 0 Å². The summed E-state index contributed by atoms with van der Waals surface area (Å²) >= 11 is 0. The lowest BCUT2D eigenvalue weighted by Crippen LogP contribution is -2.42. The fraction of sp³-hybridized carbons (Fsp3) is 0.529. The maximum Gasteiger partial charge on any atom is 0.0670 e. The van der Waals surface area contributed by atoms with Crippen LogP contribution in [0.15, 0.2) is 43.0 Å². The van der Waals surface area contributed by atoms with E-state index in [0.717, 1.165) is 45.3 Å². The summed E-state index contributed by atoms with van der Waals surface area (Å²) in [6.07, 6.45) is 5.66. The highest BCUT2D eigenvalue weighted by Crippen LogP contribution is 2.17. The van der Waals surface area contributed by atoms with E-state index in [2.05, 4.69) is 41.1 Å². The monoisotopic (exact) mass is 274 g/mol. The number of hydrogen-bond acceptors (Lipinski definition) is 3. The Kier molecular flexibility index (Phi) is 6.09. The van der Waals surface area contributed by atoms with E-state index in [-0.39, 0.29) is 6.10 Å². The van der Waals surface area contributed by atoms with Crippen LogP contribution in [0.2, 0.25) is 0 Å². The number of allylic oxidation sites excluding steroid dienone is 1. The number of β-amino-alcohol motifs (C(OH)–C–C–N with tert-alkyl or cyclic N) is 1. The zero-order valence-corrected chi connectivity index (χ0v) is 12.2. The van der Waals surface area contributed by atoms with Crippen molar-refractivity contribution < 1.29 is 5.11 Å². The molecular formula is C17H26N2O. The number of aliphatic hydroxyl groups is 1. The van der Waals surface area contributed by atoms with Gasteiger partial charge in [-0.15, -0.1) is 6.58 Å². The summed E-state index contributed by atoms with van der Waals surface area (Å²) in [6.45, 7) is 6.62. The fourth-order valence-corrected chi connectivity index (χ4v) is 2.73. The third-order valence-corrected chi connectivity index (χ3v) is 3.91. The molecule has 1 saturated heterocycles. The smallest absolute Gasteiger partial charge is 0.0670 e. The van der Waals surface area contributed by atoms with E-state index in [0.29, 0.717) is 6.04 Å². The first-order valence-corrected chi connectivity index (χ1v) is 7.61. The minimum Gasteiger partial charge on any atom is -0.392 e. The van der Waals surface area contributed by atoms with Crippen molar-refractivity contribution in [1.82, 2.24) is 4.90 Å². The fourth-order valence-electron chi connectivity index (χ4n) is 2.73. The number of rotatable bonds is 7. The second-order valence-corrected chi connectivity index (χ2v) is 5.61. The maximum atomic E-state index is 9.93. The highest BCUT2D eigenvalue weighted by atomic mass is 16.3. The summed E-state index contributed by atoms with van der Waals surface area (Å²) in [6, 6.07) is 11.0. The zero-order valence-electron chi connectivity index (χ0n) is 12.2. The highest BCUT2D eigenvalue weighted by molar-refractivity contribution is 5.43. The zero-order chi connectivity index (χ0) is 14.2. The number of anilines is 1. The second-order valence-electron chi connectivity index (χ2n) is 5.61. The van der Waals surface area contributed by atoms with Gasteiger partial charge in [-0.3, -0.25) is 0 Å². The number of likely N-dealkylation sites (tertiary alicyclic amines) is 1. The van der Waals surface area contributed by atoms with Crippen LogP contribution < -0.4 is 5.32 Å². The molecule has 2 rings (SSSR count). The number of nitrogens with zero attached hydrogens (tertiary/aromatic N) is 1. The van der Waals surface area contributed by atoms with Crippen molar-refractivity contribution in [3.8, 4) is 0 Å². The number of piperidine rings is 1. The molecule has 1 fully saturated rings. The molecule has 0 spiro atoms. The lowest BCUT2D eigenvalue weighted by atomic mass is 10.0. The Morgan fingerprint density at radius 2 is 2.00 bits per heavy atom. The standard InChI is InChI=1S/C17H26N2O/c1-2-3-9-17(20)14-19-12-10-16(11-13-19)18-15-7-5-4-6-8-15/h2,4-8,16-18,20H,1,3,9-14H2. The van der Waals surface area contributed by atoms with E-state index in [9.17, 15) is 5.11 Å². The van der Waals surface area contributed by atoms with Gasteiger partial charge in [-0.1, -0.05) is 24.3 Å². The second kappa shape index (κ2) is 8.08. The van der Waals surface area contributed by atoms with Gasteiger partial charge in [0.05, 0.1) is 6.10 Å². The Morgan fingerprint density at radius 1 is 1.30 bits per heavy atom. The van der Waals surface area contributed by atoms with Gasteiger partial charge in [0.15, 0.2) is 0 Å². The number of hydrogen-bond donors (Lipinski definition) is 2. The molecular weight excluding hydrogens is 248 g/mol. The van der Waals surface area contributed by atoms with E-state index in [1.165, 1.54) is 5.69 Å². The Morgan fingerprint density at radius 3 is 2.65 bits per heavy atom. The van der Waals surface area contributed by atoms with Crippen molar-refractivity contribution in [3.05, 3.63) is 43.0 Å². The summed E-state index contributed by atoms with van der Waals surface area (Å²) in [5.74, 6) is 0. The van der Waals surface area contributed by atoms with Crippen LogP contribution in [0.1, 0.15) is 25.7 Å². The van der Waals surface area contributed by atoms with Gasteiger partial charge in [0.25, 0.3) is 0 Å². The van der Waals surface area contributed by atoms with Crippen LogP contribution in [0, 0.1) is 0 Å². The van der Waals surface area contributed by atoms with Gasteiger partial charge in [-0.25, -0.2) is 0 Å². The molecule has 0 saturated carbocycles. The predicted octanol–water partition coefficient (Wildman–Crippen LogP) is 2.89. The highest BCUT2D eigenvalue weighted by Gasteiger charge is 2.20. The van der Waals surface area contributed by atoms with Crippen LogP contribution in [-0.2, 0) is 0 Å². The van der Waals surface area contributed by atoms with Gasteiger partial charge in [0, 0.05) is 31.4 Å². The summed E-state index contributed by atoms with van der Waals surface area (Å²) in [5, 5.41) is 13.5. The first-order valence-electron chi connectivity index (χ1n) is 7.61. The van der Waals surface area contributed by atoms with Crippen LogP contribution >= 0.6 is 0 Å². The van der Waals surface area contributed by atoms with Crippen molar-refractivity contribution in [2.75, 3.05) is 25.0 Å². The Balaban J connectivity index is 1.68. The van der Waals surface area contributed by atoms with Crippen LogP contribution in [0.4, 0.5) is 5.69 Å². The third kappa shape index (κ3) is 4.99.